The zero-order valence-electron chi connectivity index (χ0n) is 20.0. The molecule has 4 rings (SSSR count). The van der Waals surface area contributed by atoms with Gasteiger partial charge in [0.15, 0.2) is 0 Å². The van der Waals surface area contributed by atoms with Crippen LogP contribution in [-0.2, 0) is 6.42 Å². The van der Waals surface area contributed by atoms with Crippen molar-refractivity contribution in [1.82, 2.24) is 0 Å². The van der Waals surface area contributed by atoms with Crippen LogP contribution in [0.3, 0.4) is 0 Å². The van der Waals surface area contributed by atoms with E-state index in [0.29, 0.717) is 17.4 Å². The topological polar surface area (TPSA) is 0 Å². The molecule has 0 amide bonds. The van der Waals surface area contributed by atoms with Crippen molar-refractivity contribution in [2.75, 3.05) is 0 Å². The van der Waals surface area contributed by atoms with Gasteiger partial charge >= 0.3 is 0 Å². The van der Waals surface area contributed by atoms with E-state index in [2.05, 4.69) is 6.92 Å². The van der Waals surface area contributed by atoms with E-state index >= 15 is 8.78 Å². The highest BCUT2D eigenvalue weighted by molar-refractivity contribution is 5.85. The minimum absolute atomic E-state index is 0.210. The van der Waals surface area contributed by atoms with Gasteiger partial charge in [0.25, 0.3) is 0 Å². The number of rotatable bonds is 8. The summed E-state index contributed by atoms with van der Waals surface area (Å²) in [7, 11) is 0. The Balaban J connectivity index is 1.45. The maximum Gasteiger partial charge on any atom is 0.134 e. The van der Waals surface area contributed by atoms with E-state index in [1.165, 1.54) is 57.4 Å². The Hall–Kier alpha value is -1.70. The lowest BCUT2D eigenvalue weighted by atomic mass is 9.63. The second-order valence-corrected chi connectivity index (χ2v) is 10.4. The molecule has 0 nitrogen and oxygen atoms in total. The van der Waals surface area contributed by atoms with Crippen LogP contribution >= 0.6 is 0 Å². The van der Waals surface area contributed by atoms with E-state index in [1.54, 1.807) is 0 Å². The molecular formula is C30H40F2. The minimum atomic E-state index is -0.248. The summed E-state index contributed by atoms with van der Waals surface area (Å²) in [5.41, 5.74) is 1.50. The summed E-state index contributed by atoms with van der Waals surface area (Å²) in [5, 5.41) is 1.28. The summed E-state index contributed by atoms with van der Waals surface area (Å²) in [6, 6.07) is 7.29. The summed E-state index contributed by atoms with van der Waals surface area (Å²) < 4.78 is 30.2. The van der Waals surface area contributed by atoms with Crippen molar-refractivity contribution >= 4 is 10.8 Å². The van der Waals surface area contributed by atoms with Crippen molar-refractivity contribution in [3.8, 4) is 0 Å². The van der Waals surface area contributed by atoms with Gasteiger partial charge in [0.05, 0.1) is 0 Å². The normalized spacial score (nSPS) is 26.0. The Morgan fingerprint density at radius 2 is 1.78 bits per heavy atom. The first-order chi connectivity index (χ1) is 15.6. The van der Waals surface area contributed by atoms with Gasteiger partial charge in [-0.2, -0.15) is 0 Å². The largest absolute Gasteiger partial charge is 0.207 e. The molecule has 0 radical (unpaired) electrons. The van der Waals surface area contributed by atoms with Gasteiger partial charge in [-0.1, -0.05) is 63.3 Å². The van der Waals surface area contributed by atoms with Gasteiger partial charge in [-0.3, -0.25) is 0 Å². The number of hydrogen-bond donors (Lipinski definition) is 0. The molecule has 32 heavy (non-hydrogen) atoms. The zero-order valence-corrected chi connectivity index (χ0v) is 20.0. The monoisotopic (exact) mass is 438 g/mol. The molecular weight excluding hydrogens is 398 g/mol. The third-order valence-corrected chi connectivity index (χ3v) is 8.34. The van der Waals surface area contributed by atoms with Crippen molar-refractivity contribution in [3.63, 3.8) is 0 Å². The van der Waals surface area contributed by atoms with Gasteiger partial charge in [0.2, 0.25) is 0 Å². The summed E-state index contributed by atoms with van der Waals surface area (Å²) in [6.45, 7) is 4.25. The molecule has 2 saturated carbocycles. The number of fused-ring (bicyclic) bond motifs is 2. The summed E-state index contributed by atoms with van der Waals surface area (Å²) in [4.78, 5) is 0. The number of aryl methyl sites for hydroxylation is 1. The third-order valence-electron chi connectivity index (χ3n) is 8.34. The molecule has 0 bridgehead atoms. The smallest absolute Gasteiger partial charge is 0.134 e. The fraction of sp³-hybridized carbons (Fsp3) is 0.600. The van der Waals surface area contributed by atoms with E-state index < -0.39 is 0 Å². The fourth-order valence-electron chi connectivity index (χ4n) is 6.50. The van der Waals surface area contributed by atoms with Crippen LogP contribution in [0.1, 0.15) is 102 Å². The average Bonchev–Trinajstić information content (AvgIpc) is 2.80. The molecule has 2 aliphatic carbocycles. The molecule has 174 valence electrons. The number of hydrogen-bond acceptors (Lipinski definition) is 0. The van der Waals surface area contributed by atoms with Crippen molar-refractivity contribution < 1.29 is 8.78 Å². The first kappa shape index (κ1) is 23.5. The highest BCUT2D eigenvalue weighted by Crippen LogP contribution is 2.49. The number of allylic oxidation sites excluding steroid dienone is 2. The number of benzene rings is 2. The fourth-order valence-corrected chi connectivity index (χ4v) is 6.50. The van der Waals surface area contributed by atoms with E-state index in [9.17, 15) is 0 Å². The first-order valence-corrected chi connectivity index (χ1v) is 13.1. The van der Waals surface area contributed by atoms with Crippen molar-refractivity contribution in [2.45, 2.75) is 96.8 Å². The Morgan fingerprint density at radius 1 is 0.969 bits per heavy atom. The zero-order chi connectivity index (χ0) is 22.5. The Bertz CT molecular complexity index is 928. The first-order valence-electron chi connectivity index (χ1n) is 13.1. The van der Waals surface area contributed by atoms with Gasteiger partial charge in [-0.15, -0.1) is 0 Å². The van der Waals surface area contributed by atoms with Crippen LogP contribution < -0.4 is 0 Å². The van der Waals surface area contributed by atoms with Crippen LogP contribution in [0.2, 0.25) is 0 Å². The third kappa shape index (κ3) is 5.26. The van der Waals surface area contributed by atoms with Crippen molar-refractivity contribution in [1.29, 1.82) is 0 Å². The molecule has 2 fully saturated rings. The second-order valence-electron chi connectivity index (χ2n) is 10.4. The Labute approximate surface area is 193 Å². The van der Waals surface area contributed by atoms with Crippen molar-refractivity contribution in [3.05, 3.63) is 59.2 Å². The maximum atomic E-state index is 15.2. The highest BCUT2D eigenvalue weighted by Gasteiger charge is 2.36. The van der Waals surface area contributed by atoms with Crippen LogP contribution in [0.4, 0.5) is 8.78 Å². The minimum Gasteiger partial charge on any atom is -0.207 e. The molecule has 4 unspecified atom stereocenters. The van der Waals surface area contributed by atoms with Gasteiger partial charge < -0.3 is 0 Å². The maximum absolute atomic E-state index is 15.2. The summed E-state index contributed by atoms with van der Waals surface area (Å²) >= 11 is 0. The quantitative estimate of drug-likeness (QED) is 0.284. The molecule has 2 aliphatic rings. The lowest BCUT2D eigenvalue weighted by Crippen LogP contribution is -2.30. The molecule has 2 aromatic rings. The molecule has 4 atom stereocenters. The molecule has 0 heterocycles. The van der Waals surface area contributed by atoms with E-state index in [1.807, 2.05) is 37.3 Å². The molecule has 0 aliphatic heterocycles. The molecule has 0 spiro atoms. The molecule has 0 aromatic heterocycles. The summed E-state index contributed by atoms with van der Waals surface area (Å²) in [6.07, 6.45) is 18.4. The lowest BCUT2D eigenvalue weighted by Gasteiger charge is -2.42. The van der Waals surface area contributed by atoms with Gasteiger partial charge in [-0.05, 0) is 104 Å². The van der Waals surface area contributed by atoms with Gasteiger partial charge in [-0.25, -0.2) is 8.78 Å². The Morgan fingerprint density at radius 3 is 2.59 bits per heavy atom. The highest BCUT2D eigenvalue weighted by atomic mass is 19.1. The summed E-state index contributed by atoms with van der Waals surface area (Å²) in [5.74, 6) is 2.34. The van der Waals surface area contributed by atoms with Crippen molar-refractivity contribution in [2.24, 2.45) is 17.8 Å². The number of unbranched alkanes of at least 4 members (excludes halogenated alkanes) is 2. The second kappa shape index (κ2) is 10.9. The van der Waals surface area contributed by atoms with Crippen LogP contribution in [0.25, 0.3) is 10.8 Å². The lowest BCUT2D eigenvalue weighted by molar-refractivity contribution is 0.112. The predicted octanol–water partition coefficient (Wildman–Crippen LogP) is 9.51. The number of halogens is 2. The van der Waals surface area contributed by atoms with Gasteiger partial charge in [0.1, 0.15) is 11.6 Å². The molecule has 0 saturated heterocycles. The average molecular weight is 439 g/mol. The van der Waals surface area contributed by atoms with Gasteiger partial charge in [0, 0.05) is 5.39 Å². The molecule has 2 aromatic carbocycles. The van der Waals surface area contributed by atoms with E-state index in [-0.39, 0.29) is 17.6 Å². The van der Waals surface area contributed by atoms with E-state index in [0.717, 1.165) is 48.0 Å². The van der Waals surface area contributed by atoms with Crippen LogP contribution in [0.15, 0.2) is 36.4 Å². The standard InChI is InChI=1S/C30H40F2/c1-3-5-7-9-21-11-12-24-18-25(16-14-23(24)17-21)27-19-26-15-13-22(10-8-6-4-2)30(32)28(26)20-29(27)31/h4,6,13,15,19-21,23-25H,3,5,7-12,14,16-18H2,1-2H3/b6-4+. The molecule has 2 heteroatoms. The predicted molar refractivity (Wildman–Crippen MR) is 132 cm³/mol. The van der Waals surface area contributed by atoms with Crippen LogP contribution in [0, 0.1) is 29.4 Å². The van der Waals surface area contributed by atoms with E-state index in [4.69, 9.17) is 0 Å². The van der Waals surface area contributed by atoms with Crippen LogP contribution in [0.5, 0.6) is 0 Å². The van der Waals surface area contributed by atoms with Crippen LogP contribution in [-0.4, -0.2) is 0 Å². The Kier molecular flexibility index (Phi) is 8.02. The molecule has 0 N–H and O–H groups in total. The SMILES string of the molecule is C/C=C/CCc1ccc2cc(C3CCC4CC(CCCCC)CCC4C3)c(F)cc2c1F.